The molecule has 6 rings (SSSR count). The predicted octanol–water partition coefficient (Wildman–Crippen LogP) is 4.17. The third-order valence-electron chi connectivity index (χ3n) is 6.89. The second-order valence-corrected chi connectivity index (χ2v) is 9.10. The monoisotopic (exact) mass is 459 g/mol. The number of aromatic nitrogens is 1. The van der Waals surface area contributed by atoms with Crippen molar-refractivity contribution in [1.82, 2.24) is 4.98 Å². The van der Waals surface area contributed by atoms with Gasteiger partial charge in [-0.25, -0.2) is 0 Å². The fraction of sp³-hybridized carbons (Fsp3) is 0.370. The standard InChI is InChI=1S/C27H29N3O4/c31-26-17-20(30-9-13-33-14-10-30)16-24(29-26)21-4-1-3-18-15-22-23(28-19-7-11-32-12-8-19)5-2-6-25(22)34-27(18)21/h1-6,16-17,19,28H,7-15H2,(H,29,31). The third kappa shape index (κ3) is 4.17. The molecule has 2 aromatic carbocycles. The molecule has 1 aromatic heterocycles. The summed E-state index contributed by atoms with van der Waals surface area (Å²) in [5, 5.41) is 3.71. The van der Waals surface area contributed by atoms with Crippen molar-refractivity contribution in [2.75, 3.05) is 49.7 Å². The summed E-state index contributed by atoms with van der Waals surface area (Å²) in [6.07, 6.45) is 2.80. The van der Waals surface area contributed by atoms with Gasteiger partial charge >= 0.3 is 0 Å². The minimum absolute atomic E-state index is 0.115. The summed E-state index contributed by atoms with van der Waals surface area (Å²) in [7, 11) is 0. The molecule has 7 heteroatoms. The number of morpholine rings is 1. The number of H-pyrrole nitrogens is 1. The number of nitrogens with zero attached hydrogens (tertiary/aromatic N) is 1. The van der Waals surface area contributed by atoms with Crippen molar-refractivity contribution in [3.63, 3.8) is 0 Å². The van der Waals surface area contributed by atoms with Crippen LogP contribution in [-0.2, 0) is 15.9 Å². The zero-order valence-corrected chi connectivity index (χ0v) is 19.1. The van der Waals surface area contributed by atoms with Crippen molar-refractivity contribution in [3.05, 3.63) is 70.0 Å². The van der Waals surface area contributed by atoms with Gasteiger partial charge in [0.15, 0.2) is 0 Å². The molecule has 0 atom stereocenters. The molecule has 0 amide bonds. The number of aromatic amines is 1. The molecule has 2 N–H and O–H groups in total. The number of anilines is 2. The van der Waals surface area contributed by atoms with Crippen molar-refractivity contribution >= 4 is 11.4 Å². The van der Waals surface area contributed by atoms with Crippen LogP contribution < -0.4 is 20.5 Å². The van der Waals surface area contributed by atoms with Crippen LogP contribution in [0.5, 0.6) is 11.5 Å². The zero-order chi connectivity index (χ0) is 22.9. The maximum absolute atomic E-state index is 12.6. The van der Waals surface area contributed by atoms with Crippen LogP contribution in [0.25, 0.3) is 11.3 Å². The number of para-hydroxylation sites is 1. The van der Waals surface area contributed by atoms with E-state index in [9.17, 15) is 4.79 Å². The Bertz CT molecular complexity index is 1240. The van der Waals surface area contributed by atoms with Gasteiger partial charge in [0.05, 0.1) is 18.9 Å². The molecule has 0 saturated carbocycles. The van der Waals surface area contributed by atoms with E-state index in [0.717, 1.165) is 85.3 Å². The van der Waals surface area contributed by atoms with Gasteiger partial charge in [-0.15, -0.1) is 0 Å². The second-order valence-electron chi connectivity index (χ2n) is 9.10. The lowest BCUT2D eigenvalue weighted by molar-refractivity contribution is 0.0904. The van der Waals surface area contributed by atoms with Gasteiger partial charge in [-0.2, -0.15) is 0 Å². The van der Waals surface area contributed by atoms with E-state index in [1.54, 1.807) is 6.07 Å². The van der Waals surface area contributed by atoms with Crippen LogP contribution in [0, 0.1) is 0 Å². The van der Waals surface area contributed by atoms with Crippen molar-refractivity contribution in [2.24, 2.45) is 0 Å². The molecule has 4 heterocycles. The van der Waals surface area contributed by atoms with Crippen LogP contribution in [-0.4, -0.2) is 50.5 Å². The highest BCUT2D eigenvalue weighted by atomic mass is 16.5. The number of nitrogens with one attached hydrogen (secondary N) is 2. The third-order valence-corrected chi connectivity index (χ3v) is 6.89. The Morgan fingerprint density at radius 3 is 2.59 bits per heavy atom. The molecule has 2 fully saturated rings. The first-order valence-electron chi connectivity index (χ1n) is 12.1. The Morgan fingerprint density at radius 2 is 1.74 bits per heavy atom. The number of ether oxygens (including phenoxy) is 3. The lowest BCUT2D eigenvalue weighted by atomic mass is 9.95. The lowest BCUT2D eigenvalue weighted by Gasteiger charge is -2.29. The summed E-state index contributed by atoms with van der Waals surface area (Å²) in [6, 6.07) is 16.5. The minimum Gasteiger partial charge on any atom is -0.456 e. The van der Waals surface area contributed by atoms with Crippen molar-refractivity contribution < 1.29 is 14.2 Å². The summed E-state index contributed by atoms with van der Waals surface area (Å²) in [4.78, 5) is 17.8. The highest BCUT2D eigenvalue weighted by Crippen LogP contribution is 2.44. The van der Waals surface area contributed by atoms with E-state index < -0.39 is 0 Å². The number of benzene rings is 2. The van der Waals surface area contributed by atoms with Crippen LogP contribution in [0.4, 0.5) is 11.4 Å². The fourth-order valence-electron chi connectivity index (χ4n) is 5.08. The molecule has 2 saturated heterocycles. The highest BCUT2D eigenvalue weighted by molar-refractivity contribution is 5.75. The van der Waals surface area contributed by atoms with Gasteiger partial charge in [0, 0.05) is 72.9 Å². The normalized spacial score (nSPS) is 18.1. The Morgan fingerprint density at radius 1 is 0.941 bits per heavy atom. The van der Waals surface area contributed by atoms with Gasteiger partial charge in [-0.1, -0.05) is 18.2 Å². The Hall–Kier alpha value is -3.29. The Kier molecular flexibility index (Phi) is 5.73. The molecule has 0 unspecified atom stereocenters. The molecule has 176 valence electrons. The van der Waals surface area contributed by atoms with Gasteiger partial charge < -0.3 is 29.4 Å². The van der Waals surface area contributed by atoms with E-state index in [-0.39, 0.29) is 5.56 Å². The first-order valence-corrected chi connectivity index (χ1v) is 12.1. The molecule has 0 bridgehead atoms. The molecule has 0 aliphatic carbocycles. The number of rotatable bonds is 4. The molecule has 0 spiro atoms. The number of pyridine rings is 1. The SMILES string of the molecule is O=c1cc(N2CCOCC2)cc(-c2cccc3c2Oc2cccc(NC4CCOCC4)c2C3)[nH]1. The Labute approximate surface area is 198 Å². The smallest absolute Gasteiger partial charge is 0.250 e. The van der Waals surface area contributed by atoms with Crippen LogP contribution in [0.2, 0.25) is 0 Å². The van der Waals surface area contributed by atoms with Crippen LogP contribution >= 0.6 is 0 Å². The van der Waals surface area contributed by atoms with Gasteiger partial charge in [0.25, 0.3) is 0 Å². The van der Waals surface area contributed by atoms with Gasteiger partial charge in [0.2, 0.25) is 5.56 Å². The van der Waals surface area contributed by atoms with Crippen molar-refractivity contribution in [1.29, 1.82) is 0 Å². The fourth-order valence-corrected chi connectivity index (χ4v) is 5.08. The number of hydrogen-bond acceptors (Lipinski definition) is 6. The van der Waals surface area contributed by atoms with Gasteiger partial charge in [-0.3, -0.25) is 4.79 Å². The summed E-state index contributed by atoms with van der Waals surface area (Å²) < 4.78 is 17.5. The molecular weight excluding hydrogens is 430 g/mol. The van der Waals surface area contributed by atoms with Crippen molar-refractivity contribution in [2.45, 2.75) is 25.3 Å². The number of hydrogen-bond donors (Lipinski definition) is 2. The van der Waals surface area contributed by atoms with E-state index in [2.05, 4.69) is 27.3 Å². The molecule has 3 aliphatic heterocycles. The van der Waals surface area contributed by atoms with Gasteiger partial charge in [-0.05, 0) is 37.1 Å². The molecular formula is C27H29N3O4. The van der Waals surface area contributed by atoms with E-state index in [0.29, 0.717) is 19.3 Å². The summed E-state index contributed by atoms with van der Waals surface area (Å²) >= 11 is 0. The van der Waals surface area contributed by atoms with E-state index in [1.807, 2.05) is 30.3 Å². The summed E-state index contributed by atoms with van der Waals surface area (Å²) in [6.45, 7) is 4.51. The quantitative estimate of drug-likeness (QED) is 0.477. The van der Waals surface area contributed by atoms with Crippen molar-refractivity contribution in [3.8, 4) is 22.8 Å². The maximum atomic E-state index is 12.6. The van der Waals surface area contributed by atoms with E-state index in [4.69, 9.17) is 14.2 Å². The van der Waals surface area contributed by atoms with Crippen LogP contribution in [0.3, 0.4) is 0 Å². The average molecular weight is 460 g/mol. The summed E-state index contributed by atoms with van der Waals surface area (Å²) in [5.74, 6) is 1.68. The average Bonchev–Trinajstić information content (AvgIpc) is 2.88. The lowest BCUT2D eigenvalue weighted by Crippen LogP contribution is -2.36. The minimum atomic E-state index is -0.115. The molecule has 3 aliphatic rings. The molecule has 34 heavy (non-hydrogen) atoms. The van der Waals surface area contributed by atoms with Crippen LogP contribution in [0.15, 0.2) is 53.3 Å². The molecule has 3 aromatic rings. The van der Waals surface area contributed by atoms with Gasteiger partial charge in [0.1, 0.15) is 11.5 Å². The molecule has 0 radical (unpaired) electrons. The maximum Gasteiger partial charge on any atom is 0.250 e. The second kappa shape index (κ2) is 9.16. The Balaban J connectivity index is 1.33. The topological polar surface area (TPSA) is 75.8 Å². The van der Waals surface area contributed by atoms with Crippen LogP contribution in [0.1, 0.15) is 24.0 Å². The zero-order valence-electron chi connectivity index (χ0n) is 19.1. The first-order chi connectivity index (χ1) is 16.7. The molecule has 7 nitrogen and oxygen atoms in total. The largest absolute Gasteiger partial charge is 0.456 e. The summed E-state index contributed by atoms with van der Waals surface area (Å²) in [5.41, 5.74) is 5.89. The highest BCUT2D eigenvalue weighted by Gasteiger charge is 2.25. The first kappa shape index (κ1) is 21.3. The predicted molar refractivity (Wildman–Crippen MR) is 132 cm³/mol. The van der Waals surface area contributed by atoms with E-state index >= 15 is 0 Å². The number of fused-ring (bicyclic) bond motifs is 2. The van der Waals surface area contributed by atoms with E-state index in [1.165, 1.54) is 5.56 Å².